The molecule has 1 amide bonds. The Morgan fingerprint density at radius 3 is 2.90 bits per heavy atom. The van der Waals surface area contributed by atoms with E-state index in [9.17, 15) is 9.59 Å². The Balaban J connectivity index is 2.24. The second kappa shape index (κ2) is 6.23. The van der Waals surface area contributed by atoms with E-state index in [1.807, 2.05) is 0 Å². The lowest BCUT2D eigenvalue weighted by Gasteiger charge is -2.22. The van der Waals surface area contributed by atoms with Crippen LogP contribution in [0.4, 0.5) is 0 Å². The van der Waals surface area contributed by atoms with Crippen LogP contribution in [0.2, 0.25) is 0 Å². The second-order valence-corrected chi connectivity index (χ2v) is 4.59. The topological polar surface area (TPSA) is 66.8 Å². The van der Waals surface area contributed by atoms with Gasteiger partial charge in [0.05, 0.1) is 5.56 Å². The number of hydrogen-bond acceptors (Lipinski definition) is 3. The largest absolute Gasteiger partial charge is 0.489 e. The molecule has 20 heavy (non-hydrogen) atoms. The number of benzene rings is 1. The number of hydrogen-bond donors (Lipinski definition) is 1. The van der Waals surface area contributed by atoms with E-state index in [1.165, 1.54) is 4.90 Å². The molecule has 0 aliphatic carbocycles. The minimum Gasteiger partial charge on any atom is -0.489 e. The van der Waals surface area contributed by atoms with Crippen molar-refractivity contribution in [1.29, 1.82) is 0 Å². The fourth-order valence-electron chi connectivity index (χ4n) is 2.34. The summed E-state index contributed by atoms with van der Waals surface area (Å²) in [6.07, 6.45) is 2.80. The van der Waals surface area contributed by atoms with Crippen LogP contribution in [0, 0.1) is 0 Å². The van der Waals surface area contributed by atoms with Gasteiger partial charge < -0.3 is 14.7 Å². The molecule has 0 radical (unpaired) electrons. The van der Waals surface area contributed by atoms with Gasteiger partial charge in [0, 0.05) is 6.54 Å². The summed E-state index contributed by atoms with van der Waals surface area (Å²) in [5, 5.41) is 9.15. The van der Waals surface area contributed by atoms with Gasteiger partial charge in [-0.25, -0.2) is 4.79 Å². The maximum Gasteiger partial charge on any atom is 0.326 e. The predicted molar refractivity (Wildman–Crippen MR) is 73.8 cm³/mol. The van der Waals surface area contributed by atoms with E-state index in [1.54, 1.807) is 30.3 Å². The minimum absolute atomic E-state index is 0.297. The molecule has 1 heterocycles. The molecule has 1 aromatic rings. The molecule has 0 unspecified atom stereocenters. The van der Waals surface area contributed by atoms with Crippen molar-refractivity contribution in [1.82, 2.24) is 4.90 Å². The number of nitrogens with zero attached hydrogens (tertiary/aromatic N) is 1. The van der Waals surface area contributed by atoms with Gasteiger partial charge >= 0.3 is 5.97 Å². The average Bonchev–Trinajstić information content (AvgIpc) is 2.94. The van der Waals surface area contributed by atoms with Gasteiger partial charge in [-0.2, -0.15) is 0 Å². The van der Waals surface area contributed by atoms with E-state index < -0.39 is 12.0 Å². The highest BCUT2D eigenvalue weighted by atomic mass is 16.5. The summed E-state index contributed by atoms with van der Waals surface area (Å²) < 4.78 is 5.45. The highest BCUT2D eigenvalue weighted by molar-refractivity contribution is 5.99. The van der Waals surface area contributed by atoms with Gasteiger partial charge in [-0.05, 0) is 25.0 Å². The molecule has 0 aromatic heterocycles. The van der Waals surface area contributed by atoms with Crippen molar-refractivity contribution in [3.05, 3.63) is 42.5 Å². The number of aliphatic carboxylic acids is 1. The number of para-hydroxylation sites is 1. The SMILES string of the molecule is C=CCOc1ccccc1C(=O)N1CCC[C@H]1C(=O)O. The number of amides is 1. The highest BCUT2D eigenvalue weighted by Crippen LogP contribution is 2.25. The first kappa shape index (κ1) is 14.1. The molecule has 0 saturated carbocycles. The van der Waals surface area contributed by atoms with Crippen LogP contribution in [0.3, 0.4) is 0 Å². The molecule has 106 valence electrons. The number of rotatable bonds is 5. The van der Waals surface area contributed by atoms with E-state index in [0.29, 0.717) is 37.3 Å². The standard InChI is InChI=1S/C15H17NO4/c1-2-10-20-13-8-4-3-6-11(13)14(17)16-9-5-7-12(16)15(18)19/h2-4,6,8,12H,1,5,7,9-10H2,(H,18,19)/t12-/m0/s1. The zero-order chi connectivity index (χ0) is 14.5. The van der Waals surface area contributed by atoms with Crippen molar-refractivity contribution in [2.24, 2.45) is 0 Å². The van der Waals surface area contributed by atoms with E-state index >= 15 is 0 Å². The van der Waals surface area contributed by atoms with E-state index in [0.717, 1.165) is 0 Å². The van der Waals surface area contributed by atoms with Crippen LogP contribution in [0.1, 0.15) is 23.2 Å². The monoisotopic (exact) mass is 275 g/mol. The van der Waals surface area contributed by atoms with Crippen LogP contribution in [-0.2, 0) is 4.79 Å². The van der Waals surface area contributed by atoms with E-state index in [-0.39, 0.29) is 5.91 Å². The zero-order valence-corrected chi connectivity index (χ0v) is 11.1. The van der Waals surface area contributed by atoms with Crippen LogP contribution in [0.25, 0.3) is 0 Å². The first-order valence-electron chi connectivity index (χ1n) is 6.51. The summed E-state index contributed by atoms with van der Waals surface area (Å²) in [6.45, 7) is 4.33. The van der Waals surface area contributed by atoms with Crippen molar-refractivity contribution in [3.63, 3.8) is 0 Å². The molecular formula is C15H17NO4. The Kier molecular flexibility index (Phi) is 4.40. The van der Waals surface area contributed by atoms with Crippen LogP contribution < -0.4 is 4.74 Å². The Morgan fingerprint density at radius 2 is 2.20 bits per heavy atom. The summed E-state index contributed by atoms with van der Waals surface area (Å²) in [5.74, 6) is -0.802. The summed E-state index contributed by atoms with van der Waals surface area (Å²) in [6, 6.07) is 6.11. The Bertz CT molecular complexity index is 526. The van der Waals surface area contributed by atoms with Crippen molar-refractivity contribution in [2.45, 2.75) is 18.9 Å². The van der Waals surface area contributed by atoms with Crippen LogP contribution in [-0.4, -0.2) is 41.1 Å². The number of likely N-dealkylation sites (tertiary alicyclic amines) is 1. The minimum atomic E-state index is -0.958. The van der Waals surface area contributed by atoms with Gasteiger partial charge in [-0.1, -0.05) is 24.8 Å². The third-order valence-electron chi connectivity index (χ3n) is 3.27. The Hall–Kier alpha value is -2.30. The van der Waals surface area contributed by atoms with Gasteiger partial charge in [0.1, 0.15) is 18.4 Å². The lowest BCUT2D eigenvalue weighted by Crippen LogP contribution is -2.40. The van der Waals surface area contributed by atoms with Crippen molar-refractivity contribution >= 4 is 11.9 Å². The molecule has 1 atom stereocenters. The number of ether oxygens (including phenoxy) is 1. The fraction of sp³-hybridized carbons (Fsp3) is 0.333. The number of carboxylic acids is 1. The van der Waals surface area contributed by atoms with Gasteiger partial charge in [0.2, 0.25) is 0 Å². The Morgan fingerprint density at radius 1 is 1.45 bits per heavy atom. The zero-order valence-electron chi connectivity index (χ0n) is 11.1. The van der Waals surface area contributed by atoms with Gasteiger partial charge in [0.25, 0.3) is 5.91 Å². The van der Waals surface area contributed by atoms with Crippen LogP contribution >= 0.6 is 0 Å². The number of carbonyl (C=O) groups excluding carboxylic acids is 1. The molecular weight excluding hydrogens is 258 g/mol. The predicted octanol–water partition coefficient (Wildman–Crippen LogP) is 1.94. The lowest BCUT2D eigenvalue weighted by molar-refractivity contribution is -0.141. The molecule has 1 aromatic carbocycles. The first-order chi connectivity index (χ1) is 9.65. The second-order valence-electron chi connectivity index (χ2n) is 4.59. The molecule has 1 aliphatic heterocycles. The molecule has 0 bridgehead atoms. The van der Waals surface area contributed by atoms with Gasteiger partial charge in [-0.15, -0.1) is 0 Å². The molecule has 1 N–H and O–H groups in total. The maximum atomic E-state index is 12.5. The number of carboxylic acid groups (broad SMARTS) is 1. The van der Waals surface area contributed by atoms with Crippen molar-refractivity contribution in [3.8, 4) is 5.75 Å². The molecule has 1 aliphatic rings. The third kappa shape index (κ3) is 2.82. The van der Waals surface area contributed by atoms with Crippen molar-refractivity contribution in [2.75, 3.05) is 13.2 Å². The van der Waals surface area contributed by atoms with E-state index in [4.69, 9.17) is 9.84 Å². The highest BCUT2D eigenvalue weighted by Gasteiger charge is 2.35. The normalized spacial score (nSPS) is 17.8. The van der Waals surface area contributed by atoms with Gasteiger partial charge in [0.15, 0.2) is 0 Å². The smallest absolute Gasteiger partial charge is 0.326 e. The quantitative estimate of drug-likeness (QED) is 0.834. The lowest BCUT2D eigenvalue weighted by atomic mass is 10.1. The molecule has 2 rings (SSSR count). The van der Waals surface area contributed by atoms with Crippen LogP contribution in [0.5, 0.6) is 5.75 Å². The fourth-order valence-corrected chi connectivity index (χ4v) is 2.34. The first-order valence-corrected chi connectivity index (χ1v) is 6.51. The number of carbonyl (C=O) groups is 2. The summed E-state index contributed by atoms with van der Waals surface area (Å²) in [5.41, 5.74) is 0.391. The molecule has 1 fully saturated rings. The van der Waals surface area contributed by atoms with Gasteiger partial charge in [-0.3, -0.25) is 4.79 Å². The molecule has 1 saturated heterocycles. The summed E-state index contributed by atoms with van der Waals surface area (Å²) in [4.78, 5) is 25.1. The molecule has 5 nitrogen and oxygen atoms in total. The van der Waals surface area contributed by atoms with E-state index in [2.05, 4.69) is 6.58 Å². The molecule has 5 heteroatoms. The maximum absolute atomic E-state index is 12.5. The Labute approximate surface area is 117 Å². The summed E-state index contributed by atoms with van der Waals surface area (Å²) >= 11 is 0. The molecule has 0 spiro atoms. The average molecular weight is 275 g/mol. The third-order valence-corrected chi connectivity index (χ3v) is 3.27. The van der Waals surface area contributed by atoms with Crippen molar-refractivity contribution < 1.29 is 19.4 Å². The van der Waals surface area contributed by atoms with Crippen LogP contribution in [0.15, 0.2) is 36.9 Å². The summed E-state index contributed by atoms with van der Waals surface area (Å²) in [7, 11) is 0.